The number of anilines is 1. The number of hydrogen-bond acceptors (Lipinski definition) is 5. The molecule has 0 radical (unpaired) electrons. The second kappa shape index (κ2) is 9.88. The number of amides is 3. The summed E-state index contributed by atoms with van der Waals surface area (Å²) in [5, 5.41) is 2.62. The molecular weight excluding hydrogens is 398 g/mol. The smallest absolute Gasteiger partial charge is 0.338 e. The van der Waals surface area contributed by atoms with Crippen molar-refractivity contribution in [3.8, 4) is 0 Å². The van der Waals surface area contributed by atoms with Gasteiger partial charge in [-0.2, -0.15) is 0 Å². The van der Waals surface area contributed by atoms with Crippen LogP contribution in [-0.4, -0.2) is 60.7 Å². The van der Waals surface area contributed by atoms with E-state index < -0.39 is 18.5 Å². The fourth-order valence-electron chi connectivity index (χ4n) is 3.20. The zero-order chi connectivity index (χ0) is 22.4. The third-order valence-corrected chi connectivity index (χ3v) is 4.89. The first-order valence-electron chi connectivity index (χ1n) is 9.99. The Balaban J connectivity index is 1.47. The number of nitrogens with one attached hydrogen (secondary N) is 1. The molecule has 2 aromatic carbocycles. The topological polar surface area (TPSA) is 96.0 Å². The first kappa shape index (κ1) is 22.0. The molecular formula is C23H25N3O5. The third-order valence-electron chi connectivity index (χ3n) is 4.89. The van der Waals surface area contributed by atoms with Crippen LogP contribution in [0, 0.1) is 0 Å². The van der Waals surface area contributed by atoms with Gasteiger partial charge in [-0.3, -0.25) is 14.4 Å². The molecule has 8 heteroatoms. The normalized spacial score (nSPS) is 13.1. The number of esters is 1. The van der Waals surface area contributed by atoms with Gasteiger partial charge in [0.25, 0.3) is 11.8 Å². The van der Waals surface area contributed by atoms with Gasteiger partial charge in [0.2, 0.25) is 5.91 Å². The molecule has 0 atom stereocenters. The molecule has 1 saturated heterocycles. The van der Waals surface area contributed by atoms with Gasteiger partial charge >= 0.3 is 5.97 Å². The lowest BCUT2D eigenvalue weighted by Gasteiger charge is -2.15. The second-order valence-corrected chi connectivity index (χ2v) is 7.52. The van der Waals surface area contributed by atoms with E-state index in [4.69, 9.17) is 4.74 Å². The van der Waals surface area contributed by atoms with Gasteiger partial charge in [-0.25, -0.2) is 4.79 Å². The molecule has 0 aliphatic carbocycles. The fraction of sp³-hybridized carbons (Fsp3) is 0.304. The Morgan fingerprint density at radius 3 is 2.23 bits per heavy atom. The number of rotatable bonds is 7. The monoisotopic (exact) mass is 423 g/mol. The van der Waals surface area contributed by atoms with Crippen molar-refractivity contribution in [2.24, 2.45) is 0 Å². The Kier molecular flexibility index (Phi) is 7.02. The molecule has 3 rings (SSSR count). The minimum absolute atomic E-state index is 0.134. The lowest BCUT2D eigenvalue weighted by atomic mass is 10.1. The maximum Gasteiger partial charge on any atom is 0.338 e. The van der Waals surface area contributed by atoms with E-state index in [1.165, 1.54) is 4.90 Å². The van der Waals surface area contributed by atoms with E-state index in [1.54, 1.807) is 67.5 Å². The van der Waals surface area contributed by atoms with Crippen molar-refractivity contribution >= 4 is 29.4 Å². The van der Waals surface area contributed by atoms with Crippen LogP contribution in [0.15, 0.2) is 48.5 Å². The molecule has 0 spiro atoms. The zero-order valence-electron chi connectivity index (χ0n) is 17.6. The predicted molar refractivity (Wildman–Crippen MR) is 114 cm³/mol. The highest BCUT2D eigenvalue weighted by atomic mass is 16.5. The molecule has 1 N–H and O–H groups in total. The van der Waals surface area contributed by atoms with E-state index in [1.807, 2.05) is 0 Å². The average molecular weight is 423 g/mol. The summed E-state index contributed by atoms with van der Waals surface area (Å²) in [5.41, 5.74) is 2.26. The van der Waals surface area contributed by atoms with Crippen LogP contribution in [0.5, 0.6) is 0 Å². The van der Waals surface area contributed by atoms with Crippen molar-refractivity contribution in [2.45, 2.75) is 19.4 Å². The molecule has 2 aromatic rings. The van der Waals surface area contributed by atoms with Crippen molar-refractivity contribution in [1.29, 1.82) is 0 Å². The molecule has 0 unspecified atom stereocenters. The highest BCUT2D eigenvalue weighted by Crippen LogP contribution is 2.15. The maximum atomic E-state index is 12.2. The van der Waals surface area contributed by atoms with Crippen molar-refractivity contribution in [3.63, 3.8) is 0 Å². The minimum Gasteiger partial charge on any atom is -0.452 e. The molecule has 1 aliphatic rings. The van der Waals surface area contributed by atoms with E-state index in [-0.39, 0.29) is 11.8 Å². The lowest BCUT2D eigenvalue weighted by Crippen LogP contribution is -2.24. The van der Waals surface area contributed by atoms with Gasteiger partial charge in [-0.1, -0.05) is 12.1 Å². The molecule has 0 aromatic heterocycles. The summed E-state index contributed by atoms with van der Waals surface area (Å²) >= 11 is 0. The molecule has 1 aliphatic heterocycles. The van der Waals surface area contributed by atoms with Crippen molar-refractivity contribution in [2.75, 3.05) is 32.6 Å². The van der Waals surface area contributed by atoms with E-state index >= 15 is 0 Å². The SMILES string of the molecule is CN(C)C(=O)c1ccc(NC(=O)COC(=O)c2ccc(CN3CCCC3=O)cc2)cc1. The van der Waals surface area contributed by atoms with E-state index in [0.717, 1.165) is 18.5 Å². The van der Waals surface area contributed by atoms with Crippen molar-refractivity contribution in [1.82, 2.24) is 9.80 Å². The van der Waals surface area contributed by atoms with Crippen LogP contribution in [0.4, 0.5) is 5.69 Å². The Labute approximate surface area is 180 Å². The van der Waals surface area contributed by atoms with Crippen molar-refractivity contribution in [3.05, 3.63) is 65.2 Å². The zero-order valence-corrected chi connectivity index (χ0v) is 17.6. The van der Waals surface area contributed by atoms with E-state index in [9.17, 15) is 19.2 Å². The summed E-state index contributed by atoms with van der Waals surface area (Å²) in [6.07, 6.45) is 1.47. The van der Waals surface area contributed by atoms with Gasteiger partial charge in [0.15, 0.2) is 6.61 Å². The van der Waals surface area contributed by atoms with Gasteiger partial charge in [-0.05, 0) is 48.4 Å². The Morgan fingerprint density at radius 2 is 1.65 bits per heavy atom. The van der Waals surface area contributed by atoms with Gasteiger partial charge < -0.3 is 19.9 Å². The van der Waals surface area contributed by atoms with Crippen LogP contribution >= 0.6 is 0 Å². The molecule has 8 nitrogen and oxygen atoms in total. The minimum atomic E-state index is -0.606. The first-order valence-corrected chi connectivity index (χ1v) is 9.99. The van der Waals surface area contributed by atoms with Crippen LogP contribution in [0.1, 0.15) is 39.1 Å². The summed E-state index contributed by atoms with van der Waals surface area (Å²) in [6.45, 7) is 0.850. The number of benzene rings is 2. The predicted octanol–water partition coefficient (Wildman–Crippen LogP) is 2.31. The van der Waals surface area contributed by atoms with Crippen LogP contribution in [0.25, 0.3) is 0 Å². The quantitative estimate of drug-likeness (QED) is 0.690. The number of hydrogen-bond donors (Lipinski definition) is 1. The number of nitrogens with zero attached hydrogens (tertiary/aromatic N) is 2. The number of ether oxygens (including phenoxy) is 1. The van der Waals surface area contributed by atoms with Gasteiger partial charge in [0.05, 0.1) is 5.56 Å². The molecule has 31 heavy (non-hydrogen) atoms. The van der Waals surface area contributed by atoms with Gasteiger partial charge in [-0.15, -0.1) is 0 Å². The van der Waals surface area contributed by atoms with Crippen LogP contribution in [-0.2, 0) is 20.9 Å². The van der Waals surface area contributed by atoms with Crippen LogP contribution in [0.2, 0.25) is 0 Å². The van der Waals surface area contributed by atoms with E-state index in [2.05, 4.69) is 5.32 Å². The summed E-state index contributed by atoms with van der Waals surface area (Å²) in [4.78, 5) is 51.1. The maximum absolute atomic E-state index is 12.2. The lowest BCUT2D eigenvalue weighted by molar-refractivity contribution is -0.128. The Morgan fingerprint density at radius 1 is 1.00 bits per heavy atom. The van der Waals surface area contributed by atoms with E-state index in [0.29, 0.717) is 29.8 Å². The summed E-state index contributed by atoms with van der Waals surface area (Å²) in [5.74, 6) is -1.08. The Bertz CT molecular complexity index is 968. The first-order chi connectivity index (χ1) is 14.8. The highest BCUT2D eigenvalue weighted by molar-refractivity contribution is 5.97. The molecule has 0 bridgehead atoms. The number of carbonyl (C=O) groups is 4. The van der Waals surface area contributed by atoms with Gasteiger partial charge in [0, 0.05) is 44.9 Å². The molecule has 162 valence electrons. The molecule has 3 amide bonds. The Hall–Kier alpha value is -3.68. The number of carbonyl (C=O) groups excluding carboxylic acids is 4. The molecule has 1 heterocycles. The standard InChI is InChI=1S/C23H25N3O5/c1-25(2)22(29)17-9-11-19(12-10-17)24-20(27)15-31-23(30)18-7-5-16(6-8-18)14-26-13-3-4-21(26)28/h5-12H,3-4,13-15H2,1-2H3,(H,24,27). The summed E-state index contributed by atoms with van der Waals surface area (Å²) in [7, 11) is 3.32. The van der Waals surface area contributed by atoms with Crippen LogP contribution in [0.3, 0.4) is 0 Å². The third kappa shape index (κ3) is 5.91. The summed E-state index contributed by atoms with van der Waals surface area (Å²) in [6, 6.07) is 13.2. The summed E-state index contributed by atoms with van der Waals surface area (Å²) < 4.78 is 5.07. The van der Waals surface area contributed by atoms with Crippen LogP contribution < -0.4 is 5.32 Å². The molecule has 1 fully saturated rings. The highest BCUT2D eigenvalue weighted by Gasteiger charge is 2.20. The molecule has 0 saturated carbocycles. The van der Waals surface area contributed by atoms with Gasteiger partial charge in [0.1, 0.15) is 0 Å². The second-order valence-electron chi connectivity index (χ2n) is 7.52. The average Bonchev–Trinajstić information content (AvgIpc) is 3.17. The number of likely N-dealkylation sites (tertiary alicyclic amines) is 1. The largest absolute Gasteiger partial charge is 0.452 e. The fourth-order valence-corrected chi connectivity index (χ4v) is 3.20. The van der Waals surface area contributed by atoms with Crippen molar-refractivity contribution < 1.29 is 23.9 Å².